The number of pyridine rings is 1. The van der Waals surface area contributed by atoms with Gasteiger partial charge in [0.05, 0.1) is 11.7 Å². The molecule has 1 unspecified atom stereocenters. The molecular weight excluding hydrogens is 278 g/mol. The van der Waals surface area contributed by atoms with E-state index in [0.29, 0.717) is 6.04 Å². The van der Waals surface area contributed by atoms with E-state index in [9.17, 15) is 0 Å². The number of rotatable bonds is 3. The van der Waals surface area contributed by atoms with E-state index in [4.69, 9.17) is 0 Å². The molecule has 4 rings (SSSR count). The predicted molar refractivity (Wildman–Crippen MR) is 86.5 cm³/mol. The molecule has 0 saturated heterocycles. The Morgan fingerprint density at radius 3 is 2.76 bits per heavy atom. The van der Waals surface area contributed by atoms with Crippen LogP contribution in [0.15, 0.2) is 54.2 Å². The standard InChI is InChI=1S/C17H15N3S/c1-2-12-5-8-15(16(12)18-9-1)20-14-6-3-13(4-7-14)17-19-10-11-21-17/h1-4,6-7,9-11,15,20H,5,8H2. The zero-order valence-electron chi connectivity index (χ0n) is 11.5. The van der Waals surface area contributed by atoms with E-state index in [2.05, 4.69) is 45.6 Å². The number of hydrogen-bond acceptors (Lipinski definition) is 4. The summed E-state index contributed by atoms with van der Waals surface area (Å²) in [5.41, 5.74) is 4.87. The molecular formula is C17H15N3S. The first-order chi connectivity index (χ1) is 10.4. The molecule has 0 saturated carbocycles. The summed E-state index contributed by atoms with van der Waals surface area (Å²) in [4.78, 5) is 8.86. The van der Waals surface area contributed by atoms with Crippen molar-refractivity contribution in [1.82, 2.24) is 9.97 Å². The summed E-state index contributed by atoms with van der Waals surface area (Å²) in [7, 11) is 0. The van der Waals surface area contributed by atoms with Crippen LogP contribution in [-0.2, 0) is 6.42 Å². The number of fused-ring (bicyclic) bond motifs is 1. The Morgan fingerprint density at radius 2 is 1.95 bits per heavy atom. The summed E-state index contributed by atoms with van der Waals surface area (Å²) in [6.45, 7) is 0. The van der Waals surface area contributed by atoms with E-state index in [-0.39, 0.29) is 0 Å². The highest BCUT2D eigenvalue weighted by molar-refractivity contribution is 7.13. The Labute approximate surface area is 127 Å². The largest absolute Gasteiger partial charge is 0.377 e. The van der Waals surface area contributed by atoms with Crippen molar-refractivity contribution < 1.29 is 0 Å². The molecule has 0 radical (unpaired) electrons. The molecule has 2 aromatic heterocycles. The minimum Gasteiger partial charge on any atom is -0.377 e. The minimum absolute atomic E-state index is 0.326. The SMILES string of the molecule is c1cnc2c(c1)CCC2Nc1ccc(-c2nccs2)cc1. The van der Waals surface area contributed by atoms with E-state index in [1.807, 2.05) is 23.8 Å². The molecule has 0 bridgehead atoms. The quantitative estimate of drug-likeness (QED) is 0.782. The van der Waals surface area contributed by atoms with Crippen LogP contribution in [-0.4, -0.2) is 9.97 Å². The lowest BCUT2D eigenvalue weighted by Gasteiger charge is -2.14. The molecule has 0 aliphatic heterocycles. The Bertz CT molecular complexity index is 735. The maximum atomic E-state index is 4.52. The molecule has 0 amide bonds. The van der Waals surface area contributed by atoms with Gasteiger partial charge < -0.3 is 5.32 Å². The van der Waals surface area contributed by atoms with Crippen LogP contribution in [0.1, 0.15) is 23.7 Å². The van der Waals surface area contributed by atoms with Crippen LogP contribution in [0.2, 0.25) is 0 Å². The number of anilines is 1. The van der Waals surface area contributed by atoms with E-state index < -0.39 is 0 Å². The van der Waals surface area contributed by atoms with Gasteiger partial charge in [-0.25, -0.2) is 4.98 Å². The maximum Gasteiger partial charge on any atom is 0.123 e. The molecule has 1 atom stereocenters. The van der Waals surface area contributed by atoms with Crippen LogP contribution < -0.4 is 5.32 Å². The third-order valence-corrected chi connectivity index (χ3v) is 4.69. The summed E-state index contributed by atoms with van der Waals surface area (Å²) < 4.78 is 0. The molecule has 0 fully saturated rings. The van der Waals surface area contributed by atoms with Crippen LogP contribution >= 0.6 is 11.3 Å². The summed E-state index contributed by atoms with van der Waals surface area (Å²) in [6, 6.07) is 13.0. The molecule has 3 aromatic rings. The minimum atomic E-state index is 0.326. The highest BCUT2D eigenvalue weighted by Gasteiger charge is 2.23. The molecule has 0 spiro atoms. The molecule has 1 aliphatic carbocycles. The van der Waals surface area contributed by atoms with Crippen LogP contribution in [0.5, 0.6) is 0 Å². The molecule has 1 N–H and O–H groups in total. The van der Waals surface area contributed by atoms with Crippen LogP contribution in [0.4, 0.5) is 5.69 Å². The number of benzene rings is 1. The number of nitrogens with one attached hydrogen (secondary N) is 1. The van der Waals surface area contributed by atoms with E-state index >= 15 is 0 Å². The lowest BCUT2D eigenvalue weighted by Crippen LogP contribution is -2.08. The fourth-order valence-electron chi connectivity index (χ4n) is 2.83. The Morgan fingerprint density at radius 1 is 1.05 bits per heavy atom. The Kier molecular flexibility index (Phi) is 3.16. The van der Waals surface area contributed by atoms with E-state index in [0.717, 1.165) is 23.5 Å². The fourth-order valence-corrected chi connectivity index (χ4v) is 3.47. The van der Waals surface area contributed by atoms with Gasteiger partial charge in [0, 0.05) is 29.0 Å². The molecule has 2 heterocycles. The molecule has 3 nitrogen and oxygen atoms in total. The Hall–Kier alpha value is -2.20. The van der Waals surface area contributed by atoms with Crippen molar-refractivity contribution in [2.24, 2.45) is 0 Å². The lowest BCUT2D eigenvalue weighted by atomic mass is 10.1. The van der Waals surface area contributed by atoms with Gasteiger partial charge in [0.1, 0.15) is 5.01 Å². The number of nitrogens with zero attached hydrogens (tertiary/aromatic N) is 2. The number of aromatic nitrogens is 2. The third kappa shape index (κ3) is 2.43. The summed E-state index contributed by atoms with van der Waals surface area (Å²) in [5.74, 6) is 0. The number of aryl methyl sites for hydroxylation is 1. The maximum absolute atomic E-state index is 4.52. The molecule has 21 heavy (non-hydrogen) atoms. The zero-order valence-corrected chi connectivity index (χ0v) is 12.3. The third-order valence-electron chi connectivity index (χ3n) is 3.86. The molecule has 4 heteroatoms. The first-order valence-electron chi connectivity index (χ1n) is 7.10. The van der Waals surface area contributed by atoms with Crippen molar-refractivity contribution in [3.63, 3.8) is 0 Å². The first kappa shape index (κ1) is 12.5. The smallest absolute Gasteiger partial charge is 0.123 e. The van der Waals surface area contributed by atoms with Crippen LogP contribution in [0.25, 0.3) is 10.6 Å². The van der Waals surface area contributed by atoms with Crippen molar-refractivity contribution in [2.75, 3.05) is 5.32 Å². The topological polar surface area (TPSA) is 37.8 Å². The average Bonchev–Trinajstić information content (AvgIpc) is 3.19. The van der Waals surface area contributed by atoms with Crippen molar-refractivity contribution in [3.8, 4) is 10.6 Å². The van der Waals surface area contributed by atoms with Gasteiger partial charge in [0.15, 0.2) is 0 Å². The summed E-state index contributed by atoms with van der Waals surface area (Å²) in [6.07, 6.45) is 5.94. The predicted octanol–water partition coefficient (Wildman–Crippen LogP) is 4.30. The normalized spacial score (nSPS) is 16.7. The monoisotopic (exact) mass is 293 g/mol. The van der Waals surface area contributed by atoms with Crippen molar-refractivity contribution >= 4 is 17.0 Å². The van der Waals surface area contributed by atoms with Gasteiger partial charge in [-0.3, -0.25) is 4.98 Å². The van der Waals surface area contributed by atoms with Gasteiger partial charge in [-0.2, -0.15) is 0 Å². The fraction of sp³-hybridized carbons (Fsp3) is 0.176. The average molecular weight is 293 g/mol. The summed E-state index contributed by atoms with van der Waals surface area (Å²) in [5, 5.41) is 6.66. The van der Waals surface area contributed by atoms with Crippen LogP contribution in [0.3, 0.4) is 0 Å². The second-order valence-corrected chi connectivity index (χ2v) is 6.09. The second kappa shape index (κ2) is 5.30. The number of hydrogen-bond donors (Lipinski definition) is 1. The van der Waals surface area contributed by atoms with Crippen molar-refractivity contribution in [3.05, 3.63) is 65.4 Å². The zero-order chi connectivity index (χ0) is 14.1. The van der Waals surface area contributed by atoms with Crippen molar-refractivity contribution in [2.45, 2.75) is 18.9 Å². The highest BCUT2D eigenvalue weighted by atomic mass is 32.1. The molecule has 104 valence electrons. The second-order valence-electron chi connectivity index (χ2n) is 5.20. The highest BCUT2D eigenvalue weighted by Crippen LogP contribution is 2.32. The van der Waals surface area contributed by atoms with E-state index in [1.54, 1.807) is 11.3 Å². The van der Waals surface area contributed by atoms with Gasteiger partial charge in [-0.15, -0.1) is 11.3 Å². The molecule has 1 aliphatic rings. The van der Waals surface area contributed by atoms with Gasteiger partial charge in [-0.1, -0.05) is 6.07 Å². The van der Waals surface area contributed by atoms with Crippen molar-refractivity contribution in [1.29, 1.82) is 0 Å². The van der Waals surface area contributed by atoms with Crippen LogP contribution in [0, 0.1) is 0 Å². The van der Waals surface area contributed by atoms with E-state index in [1.165, 1.54) is 16.8 Å². The summed E-state index contributed by atoms with van der Waals surface area (Å²) >= 11 is 1.66. The van der Waals surface area contributed by atoms with Gasteiger partial charge in [-0.05, 0) is 48.7 Å². The lowest BCUT2D eigenvalue weighted by molar-refractivity contribution is 0.746. The first-order valence-corrected chi connectivity index (χ1v) is 7.98. The Balaban J connectivity index is 1.53. The van der Waals surface area contributed by atoms with Gasteiger partial charge in [0.25, 0.3) is 0 Å². The van der Waals surface area contributed by atoms with Gasteiger partial charge in [0.2, 0.25) is 0 Å². The molecule has 1 aromatic carbocycles. The number of thiazole rings is 1. The van der Waals surface area contributed by atoms with Gasteiger partial charge >= 0.3 is 0 Å².